The van der Waals surface area contributed by atoms with Crippen LogP contribution in [-0.2, 0) is 14.3 Å². The molecule has 1 fully saturated rings. The fourth-order valence-electron chi connectivity index (χ4n) is 3.35. The third-order valence-corrected chi connectivity index (χ3v) is 5.23. The highest BCUT2D eigenvalue weighted by Gasteiger charge is 2.59. The molecule has 1 aromatic carbocycles. The number of esters is 1. The maximum atomic E-state index is 12.4. The van der Waals surface area contributed by atoms with E-state index in [1.54, 1.807) is 11.8 Å². The fourth-order valence-corrected chi connectivity index (χ4v) is 4.35. The number of para-hydroxylation sites is 1. The number of amidine groups is 1. The van der Waals surface area contributed by atoms with Crippen LogP contribution in [0.25, 0.3) is 0 Å². The Morgan fingerprint density at radius 1 is 1.50 bits per heavy atom. The van der Waals surface area contributed by atoms with Crippen molar-refractivity contribution in [3.8, 4) is 5.75 Å². The first-order chi connectivity index (χ1) is 10.5. The highest BCUT2D eigenvalue weighted by atomic mass is 32.2. The molecule has 22 heavy (non-hydrogen) atoms. The molecule has 2 bridgehead atoms. The van der Waals surface area contributed by atoms with Crippen LogP contribution in [0.5, 0.6) is 5.75 Å². The van der Waals surface area contributed by atoms with Crippen LogP contribution >= 0.6 is 11.8 Å². The van der Waals surface area contributed by atoms with Gasteiger partial charge in [0.05, 0.1) is 18.9 Å². The molecule has 4 rings (SSSR count). The first kappa shape index (κ1) is 13.6. The second kappa shape index (κ2) is 4.49. The molecule has 0 N–H and O–H groups in total. The van der Waals surface area contributed by atoms with Crippen molar-refractivity contribution >= 4 is 28.8 Å². The van der Waals surface area contributed by atoms with E-state index in [1.165, 1.54) is 18.9 Å². The zero-order valence-electron chi connectivity index (χ0n) is 12.1. The Kier molecular flexibility index (Phi) is 2.78. The molecule has 6 nitrogen and oxygen atoms in total. The Hall–Kier alpha value is -2.02. The Morgan fingerprint density at radius 3 is 3.05 bits per heavy atom. The first-order valence-corrected chi connectivity index (χ1v) is 7.94. The number of benzene rings is 1. The highest BCUT2D eigenvalue weighted by Crippen LogP contribution is 2.52. The second-order valence-electron chi connectivity index (χ2n) is 5.59. The predicted octanol–water partition coefficient (Wildman–Crippen LogP) is 1.57. The number of hydrogen-bond acceptors (Lipinski definition) is 6. The molecule has 3 aliphatic rings. The monoisotopic (exact) mass is 318 g/mol. The molecule has 0 spiro atoms. The van der Waals surface area contributed by atoms with E-state index >= 15 is 0 Å². The second-order valence-corrected chi connectivity index (χ2v) is 6.53. The first-order valence-electron chi connectivity index (χ1n) is 6.95. The van der Waals surface area contributed by atoms with Gasteiger partial charge in [-0.3, -0.25) is 14.5 Å². The number of fused-ring (bicyclic) bond motifs is 6. The molecular weight excluding hydrogens is 304 g/mol. The van der Waals surface area contributed by atoms with Crippen molar-refractivity contribution in [3.05, 3.63) is 29.8 Å². The number of nitrogens with zero attached hydrogens (tertiary/aromatic N) is 2. The third kappa shape index (κ3) is 1.65. The molecule has 3 atom stereocenters. The SMILES string of the molecule is COC(=O)[C@H]1[C@H]2c3ccccc3O[C@]1(C)N=C1SCC(=O)N12. The van der Waals surface area contributed by atoms with Crippen LogP contribution in [0.3, 0.4) is 0 Å². The lowest BCUT2D eigenvalue weighted by Gasteiger charge is -2.48. The molecule has 3 aliphatic heterocycles. The van der Waals surface area contributed by atoms with Crippen molar-refractivity contribution in [1.29, 1.82) is 0 Å². The summed E-state index contributed by atoms with van der Waals surface area (Å²) in [4.78, 5) is 30.9. The number of carbonyl (C=O) groups is 2. The van der Waals surface area contributed by atoms with E-state index in [0.29, 0.717) is 16.7 Å². The van der Waals surface area contributed by atoms with E-state index in [2.05, 4.69) is 4.99 Å². The average molecular weight is 318 g/mol. The number of hydrogen-bond donors (Lipinski definition) is 0. The van der Waals surface area contributed by atoms with E-state index in [9.17, 15) is 9.59 Å². The summed E-state index contributed by atoms with van der Waals surface area (Å²) in [5, 5.41) is 0.618. The van der Waals surface area contributed by atoms with E-state index in [-0.39, 0.29) is 5.91 Å². The van der Waals surface area contributed by atoms with Crippen LogP contribution in [0.4, 0.5) is 0 Å². The minimum absolute atomic E-state index is 0.0404. The molecule has 3 heterocycles. The molecule has 1 aromatic rings. The van der Waals surface area contributed by atoms with Crippen LogP contribution < -0.4 is 4.74 Å². The molecule has 1 saturated heterocycles. The molecule has 0 saturated carbocycles. The molecule has 0 aromatic heterocycles. The van der Waals surface area contributed by atoms with Crippen molar-refractivity contribution in [1.82, 2.24) is 4.90 Å². The maximum absolute atomic E-state index is 12.4. The summed E-state index contributed by atoms with van der Waals surface area (Å²) in [7, 11) is 1.34. The topological polar surface area (TPSA) is 68.2 Å². The molecular formula is C15H14N2O4S. The van der Waals surface area contributed by atoms with Gasteiger partial charge >= 0.3 is 5.97 Å². The fraction of sp³-hybridized carbons (Fsp3) is 0.400. The number of thioether (sulfide) groups is 1. The van der Waals surface area contributed by atoms with Gasteiger partial charge < -0.3 is 9.47 Å². The number of methoxy groups -OCH3 is 1. The number of ether oxygens (including phenoxy) is 2. The van der Waals surface area contributed by atoms with E-state index in [0.717, 1.165) is 5.56 Å². The summed E-state index contributed by atoms with van der Waals surface area (Å²) in [6, 6.07) is 7.02. The largest absolute Gasteiger partial charge is 0.469 e. The van der Waals surface area contributed by atoms with E-state index < -0.39 is 23.7 Å². The zero-order chi connectivity index (χ0) is 15.5. The van der Waals surface area contributed by atoms with Gasteiger partial charge in [-0.15, -0.1) is 0 Å². The highest BCUT2D eigenvalue weighted by molar-refractivity contribution is 8.15. The number of rotatable bonds is 1. The minimum atomic E-state index is -1.06. The van der Waals surface area contributed by atoms with Crippen molar-refractivity contribution in [2.24, 2.45) is 10.9 Å². The van der Waals surface area contributed by atoms with Crippen molar-refractivity contribution < 1.29 is 19.1 Å². The minimum Gasteiger partial charge on any atom is -0.469 e. The normalized spacial score (nSPS) is 31.8. The van der Waals surface area contributed by atoms with Gasteiger partial charge in [0.2, 0.25) is 11.6 Å². The Balaban J connectivity index is 1.97. The molecule has 1 amide bonds. The molecule has 114 valence electrons. The van der Waals surface area contributed by atoms with Gasteiger partial charge in [0, 0.05) is 5.56 Å². The van der Waals surface area contributed by atoms with Gasteiger partial charge in [-0.2, -0.15) is 0 Å². The van der Waals surface area contributed by atoms with Crippen LogP contribution in [0.1, 0.15) is 18.5 Å². The molecule has 7 heteroatoms. The third-order valence-electron chi connectivity index (χ3n) is 4.30. The Labute approximate surface area is 131 Å². The van der Waals surface area contributed by atoms with Crippen molar-refractivity contribution in [2.75, 3.05) is 12.9 Å². The van der Waals surface area contributed by atoms with Crippen LogP contribution in [0.2, 0.25) is 0 Å². The summed E-state index contributed by atoms with van der Waals surface area (Å²) in [6.45, 7) is 1.77. The summed E-state index contributed by atoms with van der Waals surface area (Å²) >= 11 is 1.38. The van der Waals surface area contributed by atoms with Gasteiger partial charge in [-0.05, 0) is 13.0 Å². The summed E-state index contributed by atoms with van der Waals surface area (Å²) < 4.78 is 11.0. The smallest absolute Gasteiger partial charge is 0.317 e. The Bertz CT molecular complexity index is 719. The van der Waals surface area contributed by atoms with Crippen LogP contribution in [0, 0.1) is 5.92 Å². The molecule has 0 radical (unpaired) electrons. The zero-order valence-corrected chi connectivity index (χ0v) is 12.9. The average Bonchev–Trinajstić information content (AvgIpc) is 2.85. The van der Waals surface area contributed by atoms with Crippen molar-refractivity contribution in [2.45, 2.75) is 18.7 Å². The lowest BCUT2D eigenvalue weighted by molar-refractivity contribution is -0.161. The lowest BCUT2D eigenvalue weighted by Crippen LogP contribution is -2.59. The summed E-state index contributed by atoms with van der Waals surface area (Å²) in [5.74, 6) is -0.154. The number of carbonyl (C=O) groups excluding carboxylic acids is 2. The number of aliphatic imine (C=N–C) groups is 1. The molecule has 0 unspecified atom stereocenters. The quantitative estimate of drug-likeness (QED) is 0.735. The van der Waals surface area contributed by atoms with Crippen LogP contribution in [0.15, 0.2) is 29.3 Å². The predicted molar refractivity (Wildman–Crippen MR) is 80.5 cm³/mol. The van der Waals surface area contributed by atoms with Gasteiger partial charge in [0.25, 0.3) is 0 Å². The van der Waals surface area contributed by atoms with Gasteiger partial charge in [-0.25, -0.2) is 4.99 Å². The van der Waals surface area contributed by atoms with Crippen LogP contribution in [-0.4, -0.2) is 40.5 Å². The summed E-state index contributed by atoms with van der Waals surface area (Å²) in [6.07, 6.45) is 0. The van der Waals surface area contributed by atoms with Crippen molar-refractivity contribution in [3.63, 3.8) is 0 Å². The standard InChI is InChI=1S/C15H14N2O4S/c1-15-11(13(19)20-2)12(8-5-3-4-6-9(8)21-15)17-10(18)7-22-14(17)16-15/h3-6,11-12H,7H2,1-2H3/t11-,12-,15+/m1/s1. The summed E-state index contributed by atoms with van der Waals surface area (Å²) in [5.41, 5.74) is -0.242. The van der Waals surface area contributed by atoms with E-state index in [4.69, 9.17) is 9.47 Å². The van der Waals surface area contributed by atoms with Gasteiger partial charge in [-0.1, -0.05) is 30.0 Å². The van der Waals surface area contributed by atoms with Gasteiger partial charge in [0.1, 0.15) is 11.7 Å². The Morgan fingerprint density at radius 2 is 2.27 bits per heavy atom. The number of amides is 1. The molecule has 0 aliphatic carbocycles. The van der Waals surface area contributed by atoms with E-state index in [1.807, 2.05) is 24.3 Å². The maximum Gasteiger partial charge on any atom is 0.317 e. The lowest BCUT2D eigenvalue weighted by atomic mass is 9.80. The van der Waals surface area contributed by atoms with Gasteiger partial charge in [0.15, 0.2) is 5.17 Å².